The quantitative estimate of drug-likeness (QED) is 0.0297. The smallest absolute Gasteiger partial charge is 0.397 e. The summed E-state index contributed by atoms with van der Waals surface area (Å²) < 4.78 is 60.8. The number of carbonyl (C=O) groups is 3. The highest BCUT2D eigenvalue weighted by Gasteiger charge is 2.58. The summed E-state index contributed by atoms with van der Waals surface area (Å²) in [7, 11) is -5.44. The number of carbonyl (C=O) groups excluding carboxylic acids is 2. The van der Waals surface area contributed by atoms with Gasteiger partial charge in [-0.15, -0.1) is 0 Å². The maximum atomic E-state index is 13.4. The Hall–Kier alpha value is -2.24. The third kappa shape index (κ3) is 29.0. The number of hydrogen-bond acceptors (Lipinski definition) is 19. The highest BCUT2D eigenvalue weighted by molar-refractivity contribution is 7.80. The lowest BCUT2D eigenvalue weighted by Gasteiger charge is -2.48. The molecular weight excluding hydrogens is 1070 g/mol. The van der Waals surface area contributed by atoms with Gasteiger partial charge in [-0.1, -0.05) is 194 Å². The molecule has 0 spiro atoms. The number of aliphatic hydroxyl groups excluding tert-OH is 9. The van der Waals surface area contributed by atoms with Gasteiger partial charge < -0.3 is 80.6 Å². The topological polar surface area (TPSA) is 378 Å². The van der Waals surface area contributed by atoms with Crippen molar-refractivity contribution >= 4 is 28.2 Å². The number of aliphatic hydroxyl groups is 9. The van der Waals surface area contributed by atoms with Crippen LogP contribution in [0.4, 0.5) is 0 Å². The first kappa shape index (κ1) is 73.9. The number of nitrogens with one attached hydrogen (secondary N) is 2. The molecular formula is C56H106N2O21S. The van der Waals surface area contributed by atoms with Crippen LogP contribution in [0.15, 0.2) is 0 Å². The van der Waals surface area contributed by atoms with Crippen molar-refractivity contribution in [3.63, 3.8) is 0 Å². The van der Waals surface area contributed by atoms with Gasteiger partial charge in [0.05, 0.1) is 38.0 Å². The summed E-state index contributed by atoms with van der Waals surface area (Å²) in [6.07, 6.45) is 6.89. The van der Waals surface area contributed by atoms with Crippen LogP contribution in [0.2, 0.25) is 0 Å². The molecule has 0 aliphatic carbocycles. The van der Waals surface area contributed by atoms with Crippen LogP contribution in [0, 0.1) is 5.92 Å². The zero-order valence-corrected chi connectivity index (χ0v) is 49.2. The highest BCUT2D eigenvalue weighted by atomic mass is 32.3. The van der Waals surface area contributed by atoms with E-state index in [1.165, 1.54) is 103 Å². The molecule has 2 aliphatic heterocycles. The second kappa shape index (κ2) is 40.9. The van der Waals surface area contributed by atoms with Crippen molar-refractivity contribution in [3.8, 4) is 0 Å². The van der Waals surface area contributed by atoms with Crippen LogP contribution in [-0.4, -0.2) is 193 Å². The predicted octanol–water partition coefficient (Wildman–Crippen LogP) is 4.36. The lowest BCUT2D eigenvalue weighted by molar-refractivity contribution is -0.338. The van der Waals surface area contributed by atoms with Gasteiger partial charge in [-0.3, -0.25) is 14.1 Å². The van der Waals surface area contributed by atoms with Gasteiger partial charge >= 0.3 is 16.4 Å². The molecule has 0 bridgehead atoms. The van der Waals surface area contributed by atoms with E-state index in [1.54, 1.807) is 0 Å². The van der Waals surface area contributed by atoms with Gasteiger partial charge in [-0.05, 0) is 18.8 Å². The van der Waals surface area contributed by atoms with E-state index >= 15 is 0 Å². The molecule has 0 aromatic carbocycles. The Kier molecular flexibility index (Phi) is 37.8. The van der Waals surface area contributed by atoms with Gasteiger partial charge in [0.2, 0.25) is 11.8 Å². The summed E-state index contributed by atoms with van der Waals surface area (Å²) in [6.45, 7) is 4.57. The monoisotopic (exact) mass is 1170 g/mol. The van der Waals surface area contributed by atoms with Crippen LogP contribution < -0.4 is 10.6 Å². The van der Waals surface area contributed by atoms with Gasteiger partial charge in [0.1, 0.15) is 61.0 Å². The third-order valence-corrected chi connectivity index (χ3v) is 15.8. The van der Waals surface area contributed by atoms with Gasteiger partial charge in [-0.2, -0.15) is 8.42 Å². The van der Waals surface area contributed by atoms with E-state index in [2.05, 4.69) is 35.6 Å². The molecule has 23 nitrogen and oxygen atoms in total. The fraction of sp³-hybridized carbons (Fsp3) is 0.946. The molecule has 2 aliphatic rings. The Morgan fingerprint density at radius 1 is 0.675 bits per heavy atom. The van der Waals surface area contributed by atoms with Crippen molar-refractivity contribution in [1.82, 2.24) is 10.6 Å². The van der Waals surface area contributed by atoms with E-state index in [4.69, 9.17) is 18.9 Å². The van der Waals surface area contributed by atoms with Crippen LogP contribution in [0.1, 0.15) is 220 Å². The zero-order chi connectivity index (χ0) is 59.7. The first-order valence-corrected chi connectivity index (χ1v) is 31.5. The highest BCUT2D eigenvalue weighted by Crippen LogP contribution is 2.37. The molecule has 0 saturated carbocycles. The Balaban J connectivity index is 2.05. The molecule has 0 aromatic rings. The molecule has 15 atom stereocenters. The fourth-order valence-corrected chi connectivity index (χ4v) is 10.9. The first-order chi connectivity index (χ1) is 38.0. The average molecular weight is 1180 g/mol. The predicted molar refractivity (Wildman–Crippen MR) is 296 cm³/mol. The third-order valence-electron chi connectivity index (χ3n) is 15.3. The van der Waals surface area contributed by atoms with Crippen molar-refractivity contribution in [1.29, 1.82) is 0 Å². The first-order valence-electron chi connectivity index (χ1n) is 30.1. The maximum Gasteiger partial charge on any atom is 0.397 e. The molecule has 2 unspecified atom stereocenters. The molecule has 2 fully saturated rings. The summed E-state index contributed by atoms with van der Waals surface area (Å²) >= 11 is 0. The Bertz CT molecular complexity index is 1770. The molecule has 472 valence electrons. The molecule has 2 heterocycles. The number of carboxylic acids is 1. The van der Waals surface area contributed by atoms with E-state index < -0.39 is 146 Å². The SMILES string of the molecule is CCCCCCCCCCCCCCCCCCCCCCC[C@@H](O)C(=O)N[C@@H](CO[C@@H]1O[C@H](CO[C@]2(C(=O)O)C[C@H](OS(=O)(=O)O)[C@@H](NC(C)=O)[C@H](C(O)C(O)CO)O2)[C@@H](O)[C@H](O)[C@H]1O)[C@H](O)[C@H](O)CCCCCCCC(C)C. The molecule has 2 amide bonds. The minimum absolute atomic E-state index is 0.115. The zero-order valence-electron chi connectivity index (χ0n) is 48.4. The largest absolute Gasteiger partial charge is 0.477 e. The van der Waals surface area contributed by atoms with Crippen LogP contribution in [0.25, 0.3) is 0 Å². The summed E-state index contributed by atoms with van der Waals surface area (Å²) in [4.78, 5) is 38.5. The number of carboxylic acid groups (broad SMARTS) is 1. The molecule has 80 heavy (non-hydrogen) atoms. The number of ether oxygens (including phenoxy) is 4. The van der Waals surface area contributed by atoms with Crippen LogP contribution in [-0.2, 0) is 47.9 Å². The number of rotatable bonds is 47. The molecule has 2 saturated heterocycles. The average Bonchev–Trinajstić information content (AvgIpc) is 3.46. The van der Waals surface area contributed by atoms with Crippen molar-refractivity contribution < 1.29 is 102 Å². The Morgan fingerprint density at radius 3 is 1.60 bits per heavy atom. The van der Waals surface area contributed by atoms with Crippen molar-refractivity contribution in [3.05, 3.63) is 0 Å². The number of amides is 2. The van der Waals surface area contributed by atoms with E-state index in [0.29, 0.717) is 18.8 Å². The van der Waals surface area contributed by atoms with Crippen molar-refractivity contribution in [2.24, 2.45) is 5.92 Å². The number of unbranched alkanes of at least 4 members (excludes halogenated alkanes) is 24. The van der Waals surface area contributed by atoms with Gasteiger partial charge in [0, 0.05) is 13.3 Å². The Labute approximate surface area is 476 Å². The summed E-state index contributed by atoms with van der Waals surface area (Å²) in [6, 6.07) is -3.25. The molecule has 0 aromatic heterocycles. The molecule has 2 rings (SSSR count). The number of aliphatic carboxylic acids is 1. The van der Waals surface area contributed by atoms with Crippen molar-refractivity contribution in [2.75, 3.05) is 19.8 Å². The standard InChI is InChI=1S/C56H106N2O21S/c1-5-6-7-8-9-10-11-12-13-14-15-16-17-18-19-20-21-22-23-26-30-33-42(62)53(69)58-40(47(64)41(61)32-29-27-24-25-28-31-38(2)3)36-75-54-51(68)50(67)49(66)45(77-54)37-76-56(55(70)71)34-44(79-80(72,73)74)46(57-39(4)60)52(78-56)48(65)43(63)35-59/h38,40-52,54,59,61-68H,5-37H2,1-4H3,(H,57,60)(H,58,69)(H,70,71)(H,72,73,74)/t40-,41+,42+,43?,44-,45+,46+,47-,48?,49+,50-,51+,52+,54+,56+/m0/s1. The van der Waals surface area contributed by atoms with E-state index in [0.717, 1.165) is 64.7 Å². The summed E-state index contributed by atoms with van der Waals surface area (Å²) in [5, 5.41) is 112. The minimum Gasteiger partial charge on any atom is -0.477 e. The van der Waals surface area contributed by atoms with Gasteiger partial charge in [0.25, 0.3) is 5.79 Å². The van der Waals surface area contributed by atoms with Gasteiger partial charge in [0.15, 0.2) is 6.29 Å². The van der Waals surface area contributed by atoms with Crippen LogP contribution in [0.3, 0.4) is 0 Å². The molecule has 24 heteroatoms. The summed E-state index contributed by atoms with van der Waals surface area (Å²) in [5.74, 6) is -6.32. The van der Waals surface area contributed by atoms with E-state index in [9.17, 15) is 78.4 Å². The second-order valence-corrected chi connectivity index (χ2v) is 23.9. The Morgan fingerprint density at radius 2 is 1.15 bits per heavy atom. The fourth-order valence-electron chi connectivity index (χ4n) is 10.4. The van der Waals surface area contributed by atoms with Crippen molar-refractivity contribution in [2.45, 2.75) is 312 Å². The van der Waals surface area contributed by atoms with Crippen LogP contribution >= 0.6 is 0 Å². The lowest BCUT2D eigenvalue weighted by atomic mass is 9.88. The number of hydrogen-bond donors (Lipinski definition) is 13. The normalized spacial score (nSPS) is 25.9. The maximum absolute atomic E-state index is 13.4. The van der Waals surface area contributed by atoms with Gasteiger partial charge in [-0.25, -0.2) is 8.98 Å². The lowest BCUT2D eigenvalue weighted by Crippen LogP contribution is -2.69. The second-order valence-electron chi connectivity index (χ2n) is 22.8. The van der Waals surface area contributed by atoms with E-state index in [1.807, 2.05) is 0 Å². The van der Waals surface area contributed by atoms with Crippen LogP contribution in [0.5, 0.6) is 0 Å². The molecule has 0 radical (unpaired) electrons. The minimum atomic E-state index is -5.44. The van der Waals surface area contributed by atoms with E-state index in [-0.39, 0.29) is 12.8 Å². The molecule has 13 N–H and O–H groups in total. The summed E-state index contributed by atoms with van der Waals surface area (Å²) in [5.41, 5.74) is 0.